The minimum atomic E-state index is -0.123. The largest absolute Gasteiger partial charge is 0.300 e. The lowest BCUT2D eigenvalue weighted by molar-refractivity contribution is -0.113. The van der Waals surface area contributed by atoms with Crippen LogP contribution < -0.4 is 5.32 Å². The number of allylic oxidation sites excluding steroid dienone is 1. The Balaban J connectivity index is 1.40. The molecule has 0 atom stereocenters. The number of anilines is 1. The maximum absolute atomic E-state index is 12.5. The van der Waals surface area contributed by atoms with E-state index >= 15 is 0 Å². The highest BCUT2D eigenvalue weighted by molar-refractivity contribution is 7.99. The van der Waals surface area contributed by atoms with E-state index in [1.807, 2.05) is 41.8 Å². The summed E-state index contributed by atoms with van der Waals surface area (Å²) in [5.74, 6) is 1.37. The van der Waals surface area contributed by atoms with Gasteiger partial charge >= 0.3 is 0 Å². The van der Waals surface area contributed by atoms with Crippen molar-refractivity contribution >= 4 is 34.1 Å². The third-order valence-corrected chi connectivity index (χ3v) is 7.36. The standard InChI is InChI=1S/C22H26N6OS2/c1-3-13-28-19(17-12-8-7-9-15(17)2)24-27-22(28)30-14-18(29)23-21-26-25-20(31-21)16-10-5-4-6-11-16/h3,7-9,12,16H,1,4-6,10-11,13-14H2,2H3,(H,23,26,29). The van der Waals surface area contributed by atoms with E-state index in [1.54, 1.807) is 0 Å². The van der Waals surface area contributed by atoms with E-state index in [4.69, 9.17) is 0 Å². The highest BCUT2D eigenvalue weighted by Gasteiger charge is 2.21. The molecular formula is C22H26N6OS2. The van der Waals surface area contributed by atoms with Crippen molar-refractivity contribution in [1.29, 1.82) is 0 Å². The van der Waals surface area contributed by atoms with Crippen LogP contribution in [0, 0.1) is 6.92 Å². The smallest absolute Gasteiger partial charge is 0.236 e. The van der Waals surface area contributed by atoms with Crippen molar-refractivity contribution in [2.45, 2.75) is 56.6 Å². The molecule has 1 amide bonds. The van der Waals surface area contributed by atoms with Gasteiger partial charge in [0.15, 0.2) is 11.0 Å². The number of aromatic nitrogens is 5. The average Bonchev–Trinajstić information content (AvgIpc) is 3.41. The average molecular weight is 455 g/mol. The quantitative estimate of drug-likeness (QED) is 0.378. The molecule has 4 rings (SSSR count). The Morgan fingerprint density at radius 3 is 2.81 bits per heavy atom. The molecule has 2 aromatic heterocycles. The summed E-state index contributed by atoms with van der Waals surface area (Å²) in [4.78, 5) is 12.5. The number of carbonyl (C=O) groups excluding carboxylic acids is 1. The van der Waals surface area contributed by atoms with Crippen LogP contribution in [-0.4, -0.2) is 36.6 Å². The normalized spacial score (nSPS) is 14.5. The zero-order valence-electron chi connectivity index (χ0n) is 17.6. The molecule has 0 bridgehead atoms. The van der Waals surface area contributed by atoms with Crippen LogP contribution in [0.5, 0.6) is 0 Å². The van der Waals surface area contributed by atoms with Gasteiger partial charge in [-0.2, -0.15) is 0 Å². The second-order valence-electron chi connectivity index (χ2n) is 7.64. The minimum Gasteiger partial charge on any atom is -0.300 e. The fourth-order valence-electron chi connectivity index (χ4n) is 3.80. The van der Waals surface area contributed by atoms with Gasteiger partial charge < -0.3 is 0 Å². The summed E-state index contributed by atoms with van der Waals surface area (Å²) in [5, 5.41) is 22.3. The van der Waals surface area contributed by atoms with Crippen LogP contribution in [0.1, 0.15) is 48.6 Å². The van der Waals surface area contributed by atoms with Crippen LogP contribution in [0.4, 0.5) is 5.13 Å². The van der Waals surface area contributed by atoms with E-state index in [2.05, 4.69) is 32.3 Å². The SMILES string of the molecule is C=CCn1c(SCC(=O)Nc2nnc(C3CCCCC3)s2)nnc1-c1ccccc1C. The van der Waals surface area contributed by atoms with Gasteiger partial charge in [0.2, 0.25) is 11.0 Å². The van der Waals surface area contributed by atoms with Gasteiger partial charge in [-0.1, -0.05) is 72.7 Å². The van der Waals surface area contributed by atoms with Crippen molar-refractivity contribution in [2.75, 3.05) is 11.1 Å². The number of thioether (sulfide) groups is 1. The molecule has 9 heteroatoms. The summed E-state index contributed by atoms with van der Waals surface area (Å²) in [6.45, 7) is 6.47. The Labute approximate surface area is 190 Å². The van der Waals surface area contributed by atoms with Crippen LogP contribution >= 0.6 is 23.1 Å². The molecule has 162 valence electrons. The lowest BCUT2D eigenvalue weighted by Gasteiger charge is -2.18. The molecule has 0 saturated heterocycles. The van der Waals surface area contributed by atoms with Crippen LogP contribution in [0.2, 0.25) is 0 Å². The molecule has 0 spiro atoms. The summed E-state index contributed by atoms with van der Waals surface area (Å²) in [5.41, 5.74) is 2.15. The Morgan fingerprint density at radius 2 is 2.03 bits per heavy atom. The zero-order chi connectivity index (χ0) is 21.6. The van der Waals surface area contributed by atoms with E-state index in [-0.39, 0.29) is 11.7 Å². The summed E-state index contributed by atoms with van der Waals surface area (Å²) in [7, 11) is 0. The van der Waals surface area contributed by atoms with Crippen LogP contribution in [-0.2, 0) is 11.3 Å². The monoisotopic (exact) mass is 454 g/mol. The molecule has 2 heterocycles. The minimum absolute atomic E-state index is 0.123. The lowest BCUT2D eigenvalue weighted by atomic mass is 9.90. The maximum Gasteiger partial charge on any atom is 0.236 e. The molecule has 1 fully saturated rings. The Bertz CT molecular complexity index is 1050. The van der Waals surface area contributed by atoms with Gasteiger partial charge in [0.1, 0.15) is 5.01 Å². The van der Waals surface area contributed by atoms with Crippen LogP contribution in [0.15, 0.2) is 42.1 Å². The summed E-state index contributed by atoms with van der Waals surface area (Å²) < 4.78 is 1.99. The molecule has 3 aromatic rings. The van der Waals surface area contributed by atoms with Crippen LogP contribution in [0.3, 0.4) is 0 Å². The number of amides is 1. The first-order valence-corrected chi connectivity index (χ1v) is 12.3. The molecule has 1 saturated carbocycles. The van der Waals surface area contributed by atoms with Crippen molar-refractivity contribution in [3.8, 4) is 11.4 Å². The number of nitrogens with one attached hydrogen (secondary N) is 1. The second-order valence-corrected chi connectivity index (χ2v) is 9.59. The van der Waals surface area contributed by atoms with Gasteiger partial charge in [0, 0.05) is 18.0 Å². The van der Waals surface area contributed by atoms with Gasteiger partial charge in [-0.3, -0.25) is 14.7 Å². The third kappa shape index (κ3) is 5.22. The Morgan fingerprint density at radius 1 is 1.23 bits per heavy atom. The number of hydrogen-bond acceptors (Lipinski definition) is 7. The summed E-state index contributed by atoms with van der Waals surface area (Å²) in [6.07, 6.45) is 7.94. The van der Waals surface area contributed by atoms with Crippen molar-refractivity contribution < 1.29 is 4.79 Å². The fraction of sp³-hybridized carbons (Fsp3) is 0.409. The number of aryl methyl sites for hydroxylation is 1. The summed E-state index contributed by atoms with van der Waals surface area (Å²) in [6, 6.07) is 8.06. The molecule has 0 unspecified atom stereocenters. The van der Waals surface area contributed by atoms with Gasteiger partial charge in [-0.15, -0.1) is 27.0 Å². The maximum atomic E-state index is 12.5. The topological polar surface area (TPSA) is 85.6 Å². The molecule has 7 nitrogen and oxygen atoms in total. The highest BCUT2D eigenvalue weighted by atomic mass is 32.2. The first-order valence-electron chi connectivity index (χ1n) is 10.5. The van der Waals surface area contributed by atoms with Gasteiger partial charge in [0.05, 0.1) is 5.75 Å². The molecule has 31 heavy (non-hydrogen) atoms. The molecule has 1 N–H and O–H groups in total. The van der Waals surface area contributed by atoms with Crippen molar-refractivity contribution in [3.05, 3.63) is 47.5 Å². The molecule has 1 aliphatic rings. The lowest BCUT2D eigenvalue weighted by Crippen LogP contribution is -2.14. The first kappa shape index (κ1) is 21.7. The molecule has 0 aliphatic heterocycles. The molecule has 1 aromatic carbocycles. The third-order valence-electron chi connectivity index (χ3n) is 5.39. The van der Waals surface area contributed by atoms with E-state index in [1.165, 1.54) is 55.2 Å². The van der Waals surface area contributed by atoms with Crippen LogP contribution in [0.25, 0.3) is 11.4 Å². The van der Waals surface area contributed by atoms with E-state index < -0.39 is 0 Å². The van der Waals surface area contributed by atoms with Gasteiger partial charge in [-0.05, 0) is 25.3 Å². The van der Waals surface area contributed by atoms with Gasteiger partial charge in [-0.25, -0.2) is 0 Å². The fourth-order valence-corrected chi connectivity index (χ4v) is 5.47. The zero-order valence-corrected chi connectivity index (χ0v) is 19.2. The van der Waals surface area contributed by atoms with Gasteiger partial charge in [0.25, 0.3) is 0 Å². The number of benzene rings is 1. The molecule has 1 aliphatic carbocycles. The number of rotatable bonds is 8. The van der Waals surface area contributed by atoms with E-state index in [9.17, 15) is 4.79 Å². The highest BCUT2D eigenvalue weighted by Crippen LogP contribution is 2.35. The van der Waals surface area contributed by atoms with E-state index in [0.717, 1.165) is 22.0 Å². The number of hydrogen-bond donors (Lipinski definition) is 1. The first-order chi connectivity index (χ1) is 15.2. The van der Waals surface area contributed by atoms with E-state index in [0.29, 0.717) is 22.8 Å². The molecular weight excluding hydrogens is 428 g/mol. The van der Waals surface area contributed by atoms with Crippen molar-refractivity contribution in [2.24, 2.45) is 0 Å². The predicted molar refractivity (Wildman–Crippen MR) is 125 cm³/mol. The molecule has 0 radical (unpaired) electrons. The predicted octanol–water partition coefficient (Wildman–Crippen LogP) is 5.07. The second kappa shape index (κ2) is 10.2. The van der Waals surface area contributed by atoms with Crippen molar-refractivity contribution in [1.82, 2.24) is 25.0 Å². The Kier molecular flexibility index (Phi) is 7.14. The number of carbonyl (C=O) groups is 1. The summed E-state index contributed by atoms with van der Waals surface area (Å²) >= 11 is 2.85. The number of nitrogens with zero attached hydrogens (tertiary/aromatic N) is 5. The Hall–Kier alpha value is -2.52. The van der Waals surface area contributed by atoms with Crippen molar-refractivity contribution in [3.63, 3.8) is 0 Å².